The first-order valence-corrected chi connectivity index (χ1v) is 7.38. The maximum atomic E-state index is 10.0. The van der Waals surface area contributed by atoms with Gasteiger partial charge in [-0.05, 0) is 31.0 Å². The van der Waals surface area contributed by atoms with Crippen LogP contribution in [0.4, 0.5) is 0 Å². The Hall–Kier alpha value is -1.17. The van der Waals surface area contributed by atoms with Crippen molar-refractivity contribution in [2.45, 2.75) is 19.4 Å². The van der Waals surface area contributed by atoms with E-state index < -0.39 is 6.10 Å². The van der Waals surface area contributed by atoms with Gasteiger partial charge in [-0.25, -0.2) is 0 Å². The molecule has 110 valence electrons. The molecular weight excluding hydrogens is 272 g/mol. The van der Waals surface area contributed by atoms with E-state index in [0.717, 1.165) is 24.6 Å². The summed E-state index contributed by atoms with van der Waals surface area (Å²) in [5.74, 6) is 1.41. The highest BCUT2D eigenvalue weighted by Gasteiger charge is 2.21. The molecule has 1 aliphatic rings. The molecule has 0 aromatic heterocycles. The van der Waals surface area contributed by atoms with Gasteiger partial charge in [0.1, 0.15) is 23.4 Å². The first-order valence-electron chi connectivity index (χ1n) is 6.97. The van der Waals surface area contributed by atoms with E-state index in [-0.39, 0.29) is 6.61 Å². The summed E-state index contributed by atoms with van der Waals surface area (Å²) < 4.78 is 5.60. The molecule has 0 bridgehead atoms. The molecule has 0 amide bonds. The van der Waals surface area contributed by atoms with E-state index in [0.29, 0.717) is 17.3 Å². The Morgan fingerprint density at radius 2 is 2.40 bits per heavy atom. The van der Waals surface area contributed by atoms with Gasteiger partial charge < -0.3 is 20.5 Å². The van der Waals surface area contributed by atoms with Crippen molar-refractivity contribution in [3.8, 4) is 5.75 Å². The maximum absolute atomic E-state index is 10.0. The van der Waals surface area contributed by atoms with Crippen LogP contribution in [0.1, 0.15) is 18.9 Å². The Balaban J connectivity index is 1.79. The van der Waals surface area contributed by atoms with Gasteiger partial charge >= 0.3 is 0 Å². The first-order chi connectivity index (χ1) is 9.54. The van der Waals surface area contributed by atoms with Gasteiger partial charge in [0.15, 0.2) is 0 Å². The highest BCUT2D eigenvalue weighted by molar-refractivity contribution is 7.80. The van der Waals surface area contributed by atoms with Crippen molar-refractivity contribution in [1.29, 1.82) is 0 Å². The fourth-order valence-corrected chi connectivity index (χ4v) is 2.60. The number of rotatable bonds is 6. The number of nitrogens with two attached hydrogens (primary N) is 1. The summed E-state index contributed by atoms with van der Waals surface area (Å²) in [5.41, 5.74) is 6.36. The number of benzene rings is 1. The Bertz CT molecular complexity index is 467. The topological polar surface area (TPSA) is 58.7 Å². The molecule has 0 saturated carbocycles. The van der Waals surface area contributed by atoms with Gasteiger partial charge in [0, 0.05) is 18.7 Å². The standard InChI is InChI=1S/C15H22N2O2S/c1-11-5-6-17(8-11)9-13(18)10-19-14-4-2-3-12(7-14)15(16)20/h2-4,7,11,13,18H,5-6,8-10H2,1H3,(H2,16,20). The molecule has 20 heavy (non-hydrogen) atoms. The molecule has 1 fully saturated rings. The van der Waals surface area contributed by atoms with Gasteiger partial charge in [0.25, 0.3) is 0 Å². The zero-order valence-corrected chi connectivity index (χ0v) is 12.6. The number of hydrogen-bond acceptors (Lipinski definition) is 4. The number of aliphatic hydroxyl groups excluding tert-OH is 1. The Labute approximate surface area is 125 Å². The molecule has 1 aromatic rings. The van der Waals surface area contributed by atoms with Crippen LogP contribution in [0.3, 0.4) is 0 Å². The van der Waals surface area contributed by atoms with Gasteiger partial charge in [-0.1, -0.05) is 31.3 Å². The number of likely N-dealkylation sites (tertiary alicyclic amines) is 1. The zero-order valence-electron chi connectivity index (χ0n) is 11.8. The number of thiocarbonyl (C=S) groups is 1. The summed E-state index contributed by atoms with van der Waals surface area (Å²) >= 11 is 4.93. The highest BCUT2D eigenvalue weighted by atomic mass is 32.1. The summed E-state index contributed by atoms with van der Waals surface area (Å²) in [6.07, 6.45) is 0.734. The zero-order chi connectivity index (χ0) is 14.5. The van der Waals surface area contributed by atoms with Crippen molar-refractivity contribution in [3.63, 3.8) is 0 Å². The van der Waals surface area contributed by atoms with Crippen LogP contribution in [0.25, 0.3) is 0 Å². The quantitative estimate of drug-likeness (QED) is 0.777. The van der Waals surface area contributed by atoms with E-state index in [4.69, 9.17) is 22.7 Å². The van der Waals surface area contributed by atoms with Crippen molar-refractivity contribution >= 4 is 17.2 Å². The number of ether oxygens (including phenoxy) is 1. The van der Waals surface area contributed by atoms with E-state index in [1.54, 1.807) is 6.07 Å². The molecule has 2 rings (SSSR count). The number of aliphatic hydroxyl groups is 1. The Morgan fingerprint density at radius 1 is 1.60 bits per heavy atom. The Morgan fingerprint density at radius 3 is 3.05 bits per heavy atom. The second-order valence-electron chi connectivity index (χ2n) is 5.51. The van der Waals surface area contributed by atoms with Crippen LogP contribution in [0, 0.1) is 5.92 Å². The van der Waals surface area contributed by atoms with Crippen LogP contribution >= 0.6 is 12.2 Å². The minimum atomic E-state index is -0.478. The fourth-order valence-electron chi connectivity index (χ4n) is 2.47. The molecule has 3 N–H and O–H groups in total. The number of hydrogen-bond donors (Lipinski definition) is 2. The fraction of sp³-hybridized carbons (Fsp3) is 0.533. The molecule has 5 heteroatoms. The number of nitrogens with zero attached hydrogens (tertiary/aromatic N) is 1. The maximum Gasteiger partial charge on any atom is 0.120 e. The normalized spacial score (nSPS) is 20.8. The predicted molar refractivity (Wildman–Crippen MR) is 84.1 cm³/mol. The van der Waals surface area contributed by atoms with Crippen molar-refractivity contribution in [3.05, 3.63) is 29.8 Å². The average molecular weight is 294 g/mol. The molecule has 1 aliphatic heterocycles. The van der Waals surface area contributed by atoms with Crippen LogP contribution in [-0.2, 0) is 0 Å². The largest absolute Gasteiger partial charge is 0.491 e. The van der Waals surface area contributed by atoms with Gasteiger partial charge in [0.2, 0.25) is 0 Å². The molecule has 0 radical (unpaired) electrons. The van der Waals surface area contributed by atoms with Gasteiger partial charge in [-0.15, -0.1) is 0 Å². The van der Waals surface area contributed by atoms with Gasteiger partial charge in [-0.3, -0.25) is 0 Å². The smallest absolute Gasteiger partial charge is 0.120 e. The molecule has 1 saturated heterocycles. The summed E-state index contributed by atoms with van der Waals surface area (Å²) in [4.78, 5) is 2.63. The van der Waals surface area contributed by atoms with Crippen molar-refractivity contribution < 1.29 is 9.84 Å². The molecule has 2 atom stereocenters. The summed E-state index contributed by atoms with van der Waals surface area (Å²) in [7, 11) is 0. The lowest BCUT2D eigenvalue weighted by atomic mass is 10.2. The molecule has 0 spiro atoms. The molecule has 1 heterocycles. The average Bonchev–Trinajstić information content (AvgIpc) is 2.82. The first kappa shape index (κ1) is 15.2. The summed E-state index contributed by atoms with van der Waals surface area (Å²) in [5, 5.41) is 10.0. The third-order valence-electron chi connectivity index (χ3n) is 3.54. The van der Waals surface area contributed by atoms with Crippen molar-refractivity contribution in [2.24, 2.45) is 11.7 Å². The van der Waals surface area contributed by atoms with Gasteiger partial charge in [0.05, 0.1) is 0 Å². The lowest BCUT2D eigenvalue weighted by Gasteiger charge is -2.20. The molecular formula is C15H22N2O2S. The Kier molecular flexibility index (Phi) is 5.34. The van der Waals surface area contributed by atoms with Crippen LogP contribution in [0.2, 0.25) is 0 Å². The second-order valence-corrected chi connectivity index (χ2v) is 5.95. The van der Waals surface area contributed by atoms with Crippen LogP contribution in [-0.4, -0.2) is 47.3 Å². The summed E-state index contributed by atoms with van der Waals surface area (Å²) in [6, 6.07) is 7.33. The molecule has 4 nitrogen and oxygen atoms in total. The summed E-state index contributed by atoms with van der Waals surface area (Å²) in [6.45, 7) is 5.32. The lowest BCUT2D eigenvalue weighted by molar-refractivity contribution is 0.0749. The molecule has 1 aromatic carbocycles. The monoisotopic (exact) mass is 294 g/mol. The minimum Gasteiger partial charge on any atom is -0.491 e. The number of β-amino-alcohol motifs (C(OH)–C–C–N with tert-alkyl or cyclic N) is 1. The SMILES string of the molecule is CC1CCN(CC(O)COc2cccc(C(N)=S)c2)C1. The predicted octanol–water partition coefficient (Wildman–Crippen LogP) is 1.40. The van der Waals surface area contributed by atoms with E-state index in [1.807, 2.05) is 18.2 Å². The van der Waals surface area contributed by atoms with Crippen LogP contribution in [0.15, 0.2) is 24.3 Å². The van der Waals surface area contributed by atoms with Crippen molar-refractivity contribution in [1.82, 2.24) is 4.90 Å². The van der Waals surface area contributed by atoms with Crippen LogP contribution in [0.5, 0.6) is 5.75 Å². The van der Waals surface area contributed by atoms with Gasteiger partial charge in [-0.2, -0.15) is 0 Å². The third kappa shape index (κ3) is 4.44. The molecule has 0 aliphatic carbocycles. The van der Waals surface area contributed by atoms with E-state index in [9.17, 15) is 5.11 Å². The van der Waals surface area contributed by atoms with E-state index in [1.165, 1.54) is 6.42 Å². The molecule has 2 unspecified atom stereocenters. The lowest BCUT2D eigenvalue weighted by Crippen LogP contribution is -2.34. The second kappa shape index (κ2) is 7.02. The third-order valence-corrected chi connectivity index (χ3v) is 3.77. The van der Waals surface area contributed by atoms with E-state index in [2.05, 4.69) is 11.8 Å². The minimum absolute atomic E-state index is 0.283. The van der Waals surface area contributed by atoms with E-state index >= 15 is 0 Å². The van der Waals surface area contributed by atoms with Crippen molar-refractivity contribution in [2.75, 3.05) is 26.2 Å². The highest BCUT2D eigenvalue weighted by Crippen LogP contribution is 2.16. The van der Waals surface area contributed by atoms with Crippen LogP contribution < -0.4 is 10.5 Å².